The summed E-state index contributed by atoms with van der Waals surface area (Å²) in [6, 6.07) is 56.9. The zero-order valence-corrected chi connectivity index (χ0v) is 57.5. The minimum atomic E-state index is 1.04. The van der Waals surface area contributed by atoms with Gasteiger partial charge in [-0.05, 0) is 187 Å². The van der Waals surface area contributed by atoms with Gasteiger partial charge >= 0.3 is 0 Å². The Labute approximate surface area is 517 Å². The van der Waals surface area contributed by atoms with E-state index in [4.69, 9.17) is 0 Å². The van der Waals surface area contributed by atoms with E-state index in [0.29, 0.717) is 0 Å². The molecule has 0 aromatic heterocycles. The van der Waals surface area contributed by atoms with Crippen molar-refractivity contribution in [2.45, 2.75) is 198 Å². The molecule has 3 heteroatoms. The summed E-state index contributed by atoms with van der Waals surface area (Å²) in [7, 11) is 0. The smallest absolute Gasteiger partial charge is 0.0233 e. The number of benzene rings is 8. The Hall–Kier alpha value is -6.10. The van der Waals surface area contributed by atoms with Gasteiger partial charge in [-0.25, -0.2) is 0 Å². The molecular formula is C81H117N3. The van der Waals surface area contributed by atoms with Crippen LogP contribution in [0.5, 0.6) is 0 Å². The Balaban J connectivity index is 0.000000386. The highest BCUT2D eigenvalue weighted by molar-refractivity contribution is 5.95. The number of hydrogen-bond donors (Lipinski definition) is 0. The second kappa shape index (κ2) is 41.0. The molecule has 0 amide bonds. The molecule has 4 aliphatic rings. The van der Waals surface area contributed by atoms with Gasteiger partial charge in [-0.1, -0.05) is 298 Å². The molecule has 0 aliphatic heterocycles. The third-order valence-electron chi connectivity index (χ3n) is 15.5. The molecule has 84 heavy (non-hydrogen) atoms. The molecule has 0 radical (unpaired) electrons. The first-order chi connectivity index (χ1) is 41.4. The van der Waals surface area contributed by atoms with Crippen molar-refractivity contribution in [2.24, 2.45) is 0 Å². The van der Waals surface area contributed by atoms with Gasteiger partial charge in [-0.3, -0.25) is 14.7 Å². The summed E-state index contributed by atoms with van der Waals surface area (Å²) in [5.41, 5.74) is 27.8. The maximum Gasteiger partial charge on any atom is 0.0233 e. The van der Waals surface area contributed by atoms with Crippen molar-refractivity contribution in [1.29, 1.82) is 0 Å². The average Bonchev–Trinajstić information content (AvgIpc) is 2.34. The normalized spacial score (nSPS) is 11.1. The van der Waals surface area contributed by atoms with Gasteiger partial charge in [-0.2, -0.15) is 0 Å². The molecule has 456 valence electrons. The first-order valence-electron chi connectivity index (χ1n) is 33.7. The van der Waals surface area contributed by atoms with Gasteiger partial charge in [0.2, 0.25) is 0 Å². The lowest BCUT2D eigenvalue weighted by molar-refractivity contribution is 0.296. The monoisotopic (exact) mass is 1130 g/mol. The topological polar surface area (TPSA) is 9.72 Å². The third-order valence-corrected chi connectivity index (χ3v) is 15.5. The molecule has 0 heterocycles. The Morgan fingerprint density at radius 1 is 0.262 bits per heavy atom. The zero-order valence-electron chi connectivity index (χ0n) is 57.5. The van der Waals surface area contributed by atoms with Crippen molar-refractivity contribution in [3.8, 4) is 44.5 Å². The van der Waals surface area contributed by atoms with E-state index in [2.05, 4.69) is 208 Å². The predicted octanol–water partition coefficient (Wildman–Crippen LogP) is 23.2. The minimum absolute atomic E-state index is 1.04. The molecule has 0 saturated heterocycles. The Morgan fingerprint density at radius 2 is 0.571 bits per heavy atom. The second-order valence-corrected chi connectivity index (χ2v) is 19.3. The highest BCUT2D eigenvalue weighted by atomic mass is 15.1. The van der Waals surface area contributed by atoms with E-state index in [0.717, 1.165) is 84.6 Å². The van der Waals surface area contributed by atoms with Gasteiger partial charge in [0.05, 0.1) is 0 Å². The van der Waals surface area contributed by atoms with Gasteiger partial charge in [0.25, 0.3) is 0 Å². The van der Waals surface area contributed by atoms with Gasteiger partial charge in [0.15, 0.2) is 0 Å². The zero-order chi connectivity index (χ0) is 62.7. The van der Waals surface area contributed by atoms with Gasteiger partial charge < -0.3 is 0 Å². The lowest BCUT2D eigenvalue weighted by atomic mass is 9.95. The van der Waals surface area contributed by atoms with Crippen LogP contribution in [0.4, 0.5) is 0 Å². The third kappa shape index (κ3) is 18.5. The van der Waals surface area contributed by atoms with Crippen LogP contribution in [0.1, 0.15) is 214 Å². The molecule has 0 atom stereocenters. The molecule has 0 N–H and O–H groups in total. The fraction of sp³-hybridized carbons (Fsp3) is 0.432. The molecule has 0 unspecified atom stereocenters. The van der Waals surface area contributed by atoms with Gasteiger partial charge in [0.1, 0.15) is 0 Å². The van der Waals surface area contributed by atoms with E-state index in [-0.39, 0.29) is 0 Å². The molecular weight excluding hydrogens is 1010 g/mol. The van der Waals surface area contributed by atoms with Crippen molar-refractivity contribution in [3.05, 3.63) is 213 Å². The summed E-state index contributed by atoms with van der Waals surface area (Å²) in [6.07, 6.45) is 4.32. The van der Waals surface area contributed by atoms with Crippen LogP contribution in [0.2, 0.25) is 0 Å². The largest absolute Gasteiger partial charge is 0.300 e. The number of fused-ring (bicyclic) bond motifs is 15. The van der Waals surface area contributed by atoms with Crippen LogP contribution in [0.25, 0.3) is 55.3 Å². The summed E-state index contributed by atoms with van der Waals surface area (Å²) in [4.78, 5) is 7.42. The van der Waals surface area contributed by atoms with Crippen LogP contribution in [0.15, 0.2) is 152 Å². The van der Waals surface area contributed by atoms with E-state index >= 15 is 0 Å². The van der Waals surface area contributed by atoms with E-state index in [1.54, 1.807) is 5.56 Å². The molecule has 0 bridgehead atoms. The van der Waals surface area contributed by atoms with Crippen molar-refractivity contribution in [3.63, 3.8) is 0 Å². The van der Waals surface area contributed by atoms with E-state index in [9.17, 15) is 0 Å². The predicted molar refractivity (Wildman–Crippen MR) is 380 cm³/mol. The molecule has 0 fully saturated rings. The van der Waals surface area contributed by atoms with Crippen molar-refractivity contribution in [1.82, 2.24) is 14.7 Å². The molecule has 12 rings (SSSR count). The van der Waals surface area contributed by atoms with Crippen LogP contribution in [-0.4, -0.2) is 54.0 Å². The van der Waals surface area contributed by atoms with E-state index in [1.807, 2.05) is 111 Å². The van der Waals surface area contributed by atoms with Gasteiger partial charge in [-0.15, -0.1) is 0 Å². The number of rotatable bonds is 12. The van der Waals surface area contributed by atoms with Crippen molar-refractivity contribution >= 4 is 10.8 Å². The maximum absolute atomic E-state index is 2.48. The molecule has 8 aromatic rings. The van der Waals surface area contributed by atoms with Crippen LogP contribution < -0.4 is 0 Å². The van der Waals surface area contributed by atoms with Crippen LogP contribution in [0, 0.1) is 0 Å². The van der Waals surface area contributed by atoms with Crippen LogP contribution in [-0.2, 0) is 45.3 Å². The molecule has 8 aromatic carbocycles. The first kappa shape index (κ1) is 74.0. The molecule has 4 aliphatic carbocycles. The summed E-state index contributed by atoms with van der Waals surface area (Å²) in [5, 5.41) is 2.79. The Bertz CT molecular complexity index is 3090. The van der Waals surface area contributed by atoms with Crippen LogP contribution in [0.3, 0.4) is 0 Å². The average molecular weight is 1130 g/mol. The first-order valence-corrected chi connectivity index (χ1v) is 33.7. The fourth-order valence-electron chi connectivity index (χ4n) is 11.6. The molecule has 0 saturated carbocycles. The summed E-state index contributed by atoms with van der Waals surface area (Å²) in [5.74, 6) is 0. The van der Waals surface area contributed by atoms with E-state index in [1.165, 1.54) is 111 Å². The summed E-state index contributed by atoms with van der Waals surface area (Å²) >= 11 is 0. The minimum Gasteiger partial charge on any atom is -0.300 e. The number of hydrogen-bond acceptors (Lipinski definition) is 3. The Kier molecular flexibility index (Phi) is 36.2. The van der Waals surface area contributed by atoms with Crippen molar-refractivity contribution < 1.29 is 0 Å². The summed E-state index contributed by atoms with van der Waals surface area (Å²) < 4.78 is 0. The van der Waals surface area contributed by atoms with Gasteiger partial charge in [0, 0.05) is 19.6 Å². The maximum atomic E-state index is 2.48. The fourth-order valence-corrected chi connectivity index (χ4v) is 11.6. The Morgan fingerprint density at radius 3 is 1.04 bits per heavy atom. The van der Waals surface area contributed by atoms with Crippen LogP contribution >= 0.6 is 0 Å². The number of nitrogens with zero attached hydrogens (tertiary/aromatic N) is 3. The second-order valence-electron chi connectivity index (χ2n) is 19.3. The lowest BCUT2D eigenvalue weighted by Crippen LogP contribution is -2.22. The lowest BCUT2D eigenvalue weighted by Gasteiger charge is -2.18. The molecule has 3 nitrogen and oxygen atoms in total. The standard InChI is InChI=1S/C25H25N.C22H23N.C18H21N.8C2H6/c1-3-26(4-2)16-17-9-11-22-20(13-17)14-19-10-12-23-21-8-6-5-7-18(21)15-24(23)25(19)22;1-3-23(4-2)15-16-9-10-17-11-12-20-19-8-6-5-7-18(19)14-22(20)21(17)13-16;1-3-19(4-2)13-14-9-10-18-16(11-14)12-15-7-5-6-8-17(15)18;8*1-2/h5-13H,3-4,14-16H2,1-2H3;5-13H,3-4,14-15H2,1-2H3;5-11H,3-4,12-13H2,1-2H3;8*1-2H3. The molecule has 0 spiro atoms. The highest BCUT2D eigenvalue weighted by Crippen LogP contribution is 2.48. The highest BCUT2D eigenvalue weighted by Gasteiger charge is 2.28. The summed E-state index contributed by atoms with van der Waals surface area (Å²) in [6.45, 7) is 55.2. The van der Waals surface area contributed by atoms with E-state index < -0.39 is 0 Å². The SMILES string of the molecule is CC.CC.CC.CC.CC.CC.CC.CC.CCN(CC)Cc1ccc2c(c1)Cc1ccc3c(c1-2)Cc1ccccc1-3.CCN(CC)Cc1ccc2c(c1)Cc1ccccc1-2.CCN(CC)Cc1ccc2ccc3c(c2c1)Cc1ccccc1-3. The van der Waals surface area contributed by atoms with Crippen molar-refractivity contribution in [2.75, 3.05) is 39.3 Å². The quantitative estimate of drug-likeness (QED) is 0.121.